The first-order valence-corrected chi connectivity index (χ1v) is 21.9. The van der Waals surface area contributed by atoms with Crippen LogP contribution in [0.5, 0.6) is 0 Å². The third-order valence-corrected chi connectivity index (χ3v) is 11.6. The van der Waals surface area contributed by atoms with E-state index in [0.717, 1.165) is 54.8 Å². The topological polar surface area (TPSA) is 281 Å². The van der Waals surface area contributed by atoms with Gasteiger partial charge in [0.15, 0.2) is 5.96 Å². The van der Waals surface area contributed by atoms with Gasteiger partial charge in [-0.05, 0) is 64.4 Å². The highest BCUT2D eigenvalue weighted by atomic mass is 16.2. The van der Waals surface area contributed by atoms with Gasteiger partial charge in [-0.2, -0.15) is 0 Å². The summed E-state index contributed by atoms with van der Waals surface area (Å²) in [6.45, 7) is 0.208. The van der Waals surface area contributed by atoms with E-state index in [-0.39, 0.29) is 44.6 Å². The average molecular weight is 890 g/mol. The van der Waals surface area contributed by atoms with E-state index in [9.17, 15) is 24.0 Å². The lowest BCUT2D eigenvalue weighted by Crippen LogP contribution is -2.60. The highest BCUT2D eigenvalue weighted by Gasteiger charge is 2.33. The van der Waals surface area contributed by atoms with Gasteiger partial charge in [-0.3, -0.25) is 29.0 Å². The number of aliphatic imine (C=N–C) groups is 1. The van der Waals surface area contributed by atoms with E-state index < -0.39 is 59.7 Å². The van der Waals surface area contributed by atoms with Crippen molar-refractivity contribution in [3.05, 3.63) is 156 Å². The zero-order valence-corrected chi connectivity index (χ0v) is 36.3. The number of H-pyrrole nitrogens is 2. The van der Waals surface area contributed by atoms with E-state index in [1.807, 2.05) is 115 Å². The predicted molar refractivity (Wildman–Crippen MR) is 257 cm³/mol. The molecule has 0 fully saturated rings. The molecule has 0 radical (unpaired) electrons. The number of amides is 5. The Bertz CT molecular complexity index is 2850. The van der Waals surface area contributed by atoms with E-state index in [1.165, 1.54) is 0 Å². The molecule has 5 aromatic carbocycles. The number of carbonyl (C=O) groups excluding carboxylic acids is 5. The van der Waals surface area contributed by atoms with Gasteiger partial charge in [-0.1, -0.05) is 109 Å². The summed E-state index contributed by atoms with van der Waals surface area (Å²) in [6.07, 6.45) is 4.37. The first-order valence-electron chi connectivity index (χ1n) is 21.9. The molecule has 0 spiro atoms. The van der Waals surface area contributed by atoms with Gasteiger partial charge in [0, 0.05) is 60.0 Å². The molecule has 0 aliphatic rings. The molecule has 340 valence electrons. The van der Waals surface area contributed by atoms with Gasteiger partial charge < -0.3 is 54.2 Å². The van der Waals surface area contributed by atoms with Crippen LogP contribution in [0.25, 0.3) is 32.6 Å². The molecule has 16 heteroatoms. The molecule has 0 bridgehead atoms. The Hall–Kier alpha value is -7.98. The normalized spacial score (nSPS) is 13.5. The summed E-state index contributed by atoms with van der Waals surface area (Å²) >= 11 is 0. The number of aromatic nitrogens is 2. The number of hydrogen-bond donors (Lipinski definition) is 10. The smallest absolute Gasteiger partial charge is 0.243 e. The molecular weight excluding hydrogens is 835 g/mol. The minimum Gasteiger partial charge on any atom is -0.370 e. The minimum absolute atomic E-state index is 0.00494. The molecule has 0 aliphatic heterocycles. The Morgan fingerprint density at radius 1 is 0.500 bits per heavy atom. The van der Waals surface area contributed by atoms with Crippen LogP contribution in [0, 0.1) is 0 Å². The lowest BCUT2D eigenvalue weighted by atomic mass is 9.97. The van der Waals surface area contributed by atoms with E-state index >= 15 is 0 Å². The van der Waals surface area contributed by atoms with E-state index in [2.05, 4.69) is 36.2 Å². The summed E-state index contributed by atoms with van der Waals surface area (Å²) in [4.78, 5) is 80.6. The second kappa shape index (κ2) is 21.6. The molecule has 7 rings (SSSR count). The average Bonchev–Trinajstić information content (AvgIpc) is 3.93. The molecular formula is C50H55N11O5. The summed E-state index contributed by atoms with van der Waals surface area (Å²) < 4.78 is 0. The molecule has 14 N–H and O–H groups in total. The fourth-order valence-corrected chi connectivity index (χ4v) is 8.20. The van der Waals surface area contributed by atoms with Crippen molar-refractivity contribution in [2.75, 3.05) is 6.54 Å². The van der Waals surface area contributed by atoms with Crippen molar-refractivity contribution < 1.29 is 24.0 Å². The molecule has 2 heterocycles. The second-order valence-electron chi connectivity index (χ2n) is 16.4. The molecule has 16 nitrogen and oxygen atoms in total. The van der Waals surface area contributed by atoms with Crippen molar-refractivity contribution in [2.45, 2.75) is 68.7 Å². The summed E-state index contributed by atoms with van der Waals surface area (Å²) in [5.74, 6) is -3.43. The number of aromatic amines is 2. The summed E-state index contributed by atoms with van der Waals surface area (Å²) in [5.41, 5.74) is 28.0. The van der Waals surface area contributed by atoms with Gasteiger partial charge in [0.25, 0.3) is 0 Å². The highest BCUT2D eigenvalue weighted by Crippen LogP contribution is 2.23. The number of primary amides is 1. The van der Waals surface area contributed by atoms with Crippen LogP contribution in [-0.4, -0.2) is 82.2 Å². The molecule has 0 saturated carbocycles. The Morgan fingerprint density at radius 2 is 0.985 bits per heavy atom. The number of guanidine groups is 1. The number of nitrogens with two attached hydrogens (primary N) is 4. The molecule has 66 heavy (non-hydrogen) atoms. The van der Waals surface area contributed by atoms with Crippen LogP contribution in [0.1, 0.15) is 35.1 Å². The van der Waals surface area contributed by atoms with Crippen molar-refractivity contribution in [1.82, 2.24) is 31.2 Å². The number of nitrogens with zero attached hydrogens (tertiary/aromatic N) is 1. The Morgan fingerprint density at radius 3 is 1.59 bits per heavy atom. The van der Waals surface area contributed by atoms with E-state index in [4.69, 9.17) is 22.9 Å². The van der Waals surface area contributed by atoms with Crippen LogP contribution in [0.4, 0.5) is 0 Å². The quantitative estimate of drug-likeness (QED) is 0.0290. The summed E-state index contributed by atoms with van der Waals surface area (Å²) in [5, 5.41) is 15.1. The number of benzene rings is 5. The van der Waals surface area contributed by atoms with Gasteiger partial charge in [0.05, 0.1) is 6.04 Å². The largest absolute Gasteiger partial charge is 0.370 e. The van der Waals surface area contributed by atoms with Gasteiger partial charge >= 0.3 is 0 Å². The maximum atomic E-state index is 14.8. The lowest BCUT2D eigenvalue weighted by Gasteiger charge is -2.27. The second-order valence-corrected chi connectivity index (χ2v) is 16.4. The molecule has 0 unspecified atom stereocenters. The van der Waals surface area contributed by atoms with Crippen molar-refractivity contribution in [3.63, 3.8) is 0 Å². The van der Waals surface area contributed by atoms with Crippen LogP contribution < -0.4 is 44.2 Å². The Balaban J connectivity index is 1.18. The number of rotatable bonds is 21. The number of nitrogens with one attached hydrogen (secondary N) is 6. The molecule has 0 aliphatic carbocycles. The molecule has 5 amide bonds. The number of fused-ring (bicyclic) bond motifs is 3. The standard InChI is InChI=1S/C50H55N11O5/c51-38(25-33-28-56-39-20-8-6-18-36(33)39)46(63)59-43(26-32-16-10-15-31-14-4-5-17-35(31)32)48(65)61-44(27-34-29-57-40-21-9-7-19-37(34)40)49(66)60-42(24-30-12-2-1-3-13-30)47(64)58-41(45(52)62)22-11-23-55-50(53)54/h1-10,12-21,28-29,38,41-44,56-57H,11,22-27,51H2,(H2,52,62)(H,58,64)(H,59,63)(H,60,66)(H,61,65)(H4,53,54,55)/t38-,41+,42+,43-,44-/m1/s1. The van der Waals surface area contributed by atoms with Gasteiger partial charge in [-0.25, -0.2) is 0 Å². The molecule has 7 aromatic rings. The SMILES string of the molecule is NC(=O)[C@H](CCCN=C(N)N)NC(=O)[C@H](Cc1ccccc1)NC(=O)[C@@H](Cc1c[nH]c2ccccc12)NC(=O)[C@@H](Cc1cccc2ccccc12)NC(=O)[C@H](N)Cc1c[nH]c2ccccc12. The number of carbonyl (C=O) groups is 5. The first kappa shape index (κ1) is 46.0. The molecule has 5 atom stereocenters. The van der Waals surface area contributed by atoms with Crippen LogP contribution in [-0.2, 0) is 49.7 Å². The fourth-order valence-electron chi connectivity index (χ4n) is 8.20. The monoisotopic (exact) mass is 889 g/mol. The minimum atomic E-state index is -1.26. The van der Waals surface area contributed by atoms with E-state index in [0.29, 0.717) is 6.42 Å². The van der Waals surface area contributed by atoms with E-state index in [1.54, 1.807) is 18.3 Å². The Labute approximate surface area is 381 Å². The van der Waals surface area contributed by atoms with Crippen LogP contribution >= 0.6 is 0 Å². The van der Waals surface area contributed by atoms with Crippen LogP contribution in [0.3, 0.4) is 0 Å². The predicted octanol–water partition coefficient (Wildman–Crippen LogP) is 2.88. The van der Waals surface area contributed by atoms with Gasteiger partial charge in [0.2, 0.25) is 29.5 Å². The van der Waals surface area contributed by atoms with Crippen LogP contribution in [0.2, 0.25) is 0 Å². The number of para-hydroxylation sites is 2. The summed E-state index contributed by atoms with van der Waals surface area (Å²) in [7, 11) is 0. The maximum absolute atomic E-state index is 14.8. The molecule has 0 saturated heterocycles. The fraction of sp³-hybridized carbons (Fsp3) is 0.240. The number of hydrogen-bond acceptors (Lipinski definition) is 7. The maximum Gasteiger partial charge on any atom is 0.243 e. The zero-order valence-electron chi connectivity index (χ0n) is 36.3. The van der Waals surface area contributed by atoms with Gasteiger partial charge in [-0.15, -0.1) is 0 Å². The van der Waals surface area contributed by atoms with Crippen molar-refractivity contribution in [1.29, 1.82) is 0 Å². The van der Waals surface area contributed by atoms with Crippen molar-refractivity contribution in [3.8, 4) is 0 Å². The Kier molecular flexibility index (Phi) is 15.1. The third-order valence-electron chi connectivity index (χ3n) is 11.6. The highest BCUT2D eigenvalue weighted by molar-refractivity contribution is 5.97. The zero-order chi connectivity index (χ0) is 46.6. The molecule has 2 aromatic heterocycles. The summed E-state index contributed by atoms with van der Waals surface area (Å²) in [6, 6.07) is 32.0. The van der Waals surface area contributed by atoms with Crippen LogP contribution in [0.15, 0.2) is 139 Å². The van der Waals surface area contributed by atoms with Crippen molar-refractivity contribution >= 4 is 68.1 Å². The van der Waals surface area contributed by atoms with Gasteiger partial charge in [0.1, 0.15) is 24.2 Å². The van der Waals surface area contributed by atoms with Crippen molar-refractivity contribution in [2.24, 2.45) is 27.9 Å². The first-order chi connectivity index (χ1) is 31.9. The third kappa shape index (κ3) is 11.8. The lowest BCUT2D eigenvalue weighted by molar-refractivity contribution is -0.134.